The molecule has 1 rings (SSSR count). The number of aliphatic hydroxyl groups is 1. The molecule has 16 heavy (non-hydrogen) atoms. The number of rotatable bonds is 4. The fourth-order valence-electron chi connectivity index (χ4n) is 1.91. The van der Waals surface area contributed by atoms with Crippen LogP contribution in [-0.2, 0) is 14.3 Å². The summed E-state index contributed by atoms with van der Waals surface area (Å²) in [7, 11) is 0. The summed E-state index contributed by atoms with van der Waals surface area (Å²) in [5, 5.41) is 19.1. The third kappa shape index (κ3) is 2.41. The lowest BCUT2D eigenvalue weighted by molar-refractivity contribution is -0.170. The Bertz CT molecular complexity index is 297. The lowest BCUT2D eigenvalue weighted by Gasteiger charge is -2.36. The number of hydrogen-bond donors (Lipinski definition) is 2. The second-order valence-electron chi connectivity index (χ2n) is 4.64. The standard InChI is InChI=1S/C11H18O5/c1-3-10(2,15)6-11(9(13)14)7-16-5-4-8(11)12/h15H,3-7H2,1-2H3,(H,13,14). The fourth-order valence-corrected chi connectivity index (χ4v) is 1.91. The maximum Gasteiger partial charge on any atom is 0.319 e. The minimum atomic E-state index is -1.57. The number of carboxylic acid groups (broad SMARTS) is 1. The van der Waals surface area contributed by atoms with Gasteiger partial charge in [-0.1, -0.05) is 6.92 Å². The van der Waals surface area contributed by atoms with E-state index in [1.54, 1.807) is 13.8 Å². The first-order valence-corrected chi connectivity index (χ1v) is 5.41. The van der Waals surface area contributed by atoms with Gasteiger partial charge in [-0.3, -0.25) is 9.59 Å². The Morgan fingerprint density at radius 1 is 1.62 bits per heavy atom. The van der Waals surface area contributed by atoms with E-state index in [-0.39, 0.29) is 31.8 Å². The molecule has 0 aromatic rings. The van der Waals surface area contributed by atoms with Crippen molar-refractivity contribution in [1.82, 2.24) is 0 Å². The Hall–Kier alpha value is -0.940. The number of ether oxygens (including phenoxy) is 1. The molecule has 0 saturated carbocycles. The van der Waals surface area contributed by atoms with Gasteiger partial charge in [-0.15, -0.1) is 0 Å². The number of carbonyl (C=O) groups is 2. The van der Waals surface area contributed by atoms with Crippen LogP contribution in [-0.4, -0.2) is 40.8 Å². The van der Waals surface area contributed by atoms with Crippen molar-refractivity contribution in [1.29, 1.82) is 0 Å². The van der Waals surface area contributed by atoms with Crippen LogP contribution in [0.25, 0.3) is 0 Å². The van der Waals surface area contributed by atoms with Gasteiger partial charge >= 0.3 is 5.97 Å². The van der Waals surface area contributed by atoms with E-state index in [1.165, 1.54) is 0 Å². The van der Waals surface area contributed by atoms with Gasteiger partial charge in [0.1, 0.15) is 0 Å². The van der Waals surface area contributed by atoms with Gasteiger partial charge in [0.2, 0.25) is 0 Å². The van der Waals surface area contributed by atoms with E-state index in [9.17, 15) is 19.8 Å². The largest absolute Gasteiger partial charge is 0.480 e. The normalized spacial score (nSPS) is 29.8. The Morgan fingerprint density at radius 3 is 2.69 bits per heavy atom. The number of carbonyl (C=O) groups excluding carboxylic acids is 1. The molecule has 0 aromatic carbocycles. The third-order valence-electron chi connectivity index (χ3n) is 3.21. The van der Waals surface area contributed by atoms with Crippen LogP contribution >= 0.6 is 0 Å². The van der Waals surface area contributed by atoms with E-state index < -0.39 is 17.0 Å². The van der Waals surface area contributed by atoms with Crippen molar-refractivity contribution in [3.8, 4) is 0 Å². The highest BCUT2D eigenvalue weighted by Crippen LogP contribution is 2.35. The highest BCUT2D eigenvalue weighted by Gasteiger charge is 2.51. The molecule has 1 fully saturated rings. The van der Waals surface area contributed by atoms with Crippen LogP contribution in [0.15, 0.2) is 0 Å². The molecule has 2 unspecified atom stereocenters. The number of Topliss-reactive ketones (excluding diaryl/α,β-unsaturated/α-hetero) is 1. The number of aliphatic carboxylic acids is 1. The van der Waals surface area contributed by atoms with Crippen LogP contribution in [0.2, 0.25) is 0 Å². The van der Waals surface area contributed by atoms with E-state index in [1.807, 2.05) is 0 Å². The van der Waals surface area contributed by atoms with E-state index >= 15 is 0 Å². The summed E-state index contributed by atoms with van der Waals surface area (Å²) in [6.45, 7) is 3.42. The SMILES string of the molecule is CCC(C)(O)CC1(C(=O)O)COCCC1=O. The van der Waals surface area contributed by atoms with Crippen molar-refractivity contribution in [2.45, 2.75) is 38.7 Å². The molecule has 1 aliphatic heterocycles. The monoisotopic (exact) mass is 230 g/mol. The Labute approximate surface area is 94.4 Å². The predicted molar refractivity (Wildman–Crippen MR) is 56.0 cm³/mol. The minimum Gasteiger partial charge on any atom is -0.480 e. The second-order valence-corrected chi connectivity index (χ2v) is 4.64. The molecule has 1 heterocycles. The van der Waals surface area contributed by atoms with Gasteiger partial charge in [-0.25, -0.2) is 0 Å². The maximum atomic E-state index is 11.8. The molecule has 0 aliphatic carbocycles. The molecule has 1 aliphatic rings. The van der Waals surface area contributed by atoms with Crippen molar-refractivity contribution in [2.24, 2.45) is 5.41 Å². The molecule has 0 aromatic heterocycles. The van der Waals surface area contributed by atoms with Crippen LogP contribution < -0.4 is 0 Å². The summed E-state index contributed by atoms with van der Waals surface area (Å²) in [4.78, 5) is 23.0. The van der Waals surface area contributed by atoms with Crippen molar-refractivity contribution in [3.63, 3.8) is 0 Å². The molecular formula is C11H18O5. The van der Waals surface area contributed by atoms with Gasteiger partial charge in [-0.05, 0) is 13.3 Å². The van der Waals surface area contributed by atoms with E-state index in [0.717, 1.165) is 0 Å². The predicted octanol–water partition coefficient (Wildman–Crippen LogP) is 0.598. The smallest absolute Gasteiger partial charge is 0.319 e. The zero-order valence-electron chi connectivity index (χ0n) is 9.65. The first-order valence-electron chi connectivity index (χ1n) is 5.41. The van der Waals surface area contributed by atoms with E-state index in [4.69, 9.17) is 4.74 Å². The summed E-state index contributed by atoms with van der Waals surface area (Å²) < 4.78 is 5.09. The van der Waals surface area contributed by atoms with Gasteiger partial charge in [0, 0.05) is 12.8 Å². The Kier molecular flexibility index (Phi) is 3.70. The first kappa shape index (κ1) is 13.1. The lowest BCUT2D eigenvalue weighted by atomic mass is 9.72. The lowest BCUT2D eigenvalue weighted by Crippen LogP contribution is -2.51. The molecule has 0 radical (unpaired) electrons. The van der Waals surface area contributed by atoms with E-state index in [2.05, 4.69) is 0 Å². The molecule has 2 atom stereocenters. The number of carboxylic acids is 1. The van der Waals surface area contributed by atoms with Crippen molar-refractivity contribution in [3.05, 3.63) is 0 Å². The summed E-state index contributed by atoms with van der Waals surface area (Å²) >= 11 is 0. The quantitative estimate of drug-likeness (QED) is 0.691. The summed E-state index contributed by atoms with van der Waals surface area (Å²) in [6.07, 6.45) is 0.409. The summed E-state index contributed by atoms with van der Waals surface area (Å²) in [5.74, 6) is -1.55. The van der Waals surface area contributed by atoms with Crippen molar-refractivity contribution < 1.29 is 24.5 Å². The molecule has 2 N–H and O–H groups in total. The molecule has 0 amide bonds. The van der Waals surface area contributed by atoms with Crippen LogP contribution in [0, 0.1) is 5.41 Å². The van der Waals surface area contributed by atoms with Crippen LogP contribution in [0.5, 0.6) is 0 Å². The van der Waals surface area contributed by atoms with Gasteiger partial charge < -0.3 is 14.9 Å². The third-order valence-corrected chi connectivity index (χ3v) is 3.21. The van der Waals surface area contributed by atoms with E-state index in [0.29, 0.717) is 6.42 Å². The van der Waals surface area contributed by atoms with Crippen molar-refractivity contribution in [2.75, 3.05) is 13.2 Å². The molecular weight excluding hydrogens is 212 g/mol. The first-order chi connectivity index (χ1) is 7.34. The summed E-state index contributed by atoms with van der Waals surface area (Å²) in [5.41, 5.74) is -2.73. The average Bonchev–Trinajstić information content (AvgIpc) is 2.21. The maximum absolute atomic E-state index is 11.8. The van der Waals surface area contributed by atoms with Crippen LogP contribution in [0.3, 0.4) is 0 Å². The zero-order valence-corrected chi connectivity index (χ0v) is 9.65. The topological polar surface area (TPSA) is 83.8 Å². The van der Waals surface area contributed by atoms with Gasteiger partial charge in [0.15, 0.2) is 11.2 Å². The van der Waals surface area contributed by atoms with Crippen LogP contribution in [0.1, 0.15) is 33.1 Å². The van der Waals surface area contributed by atoms with Gasteiger partial charge in [-0.2, -0.15) is 0 Å². The second kappa shape index (κ2) is 4.51. The van der Waals surface area contributed by atoms with Gasteiger partial charge in [0.25, 0.3) is 0 Å². The number of hydrogen-bond acceptors (Lipinski definition) is 4. The molecule has 0 spiro atoms. The van der Waals surface area contributed by atoms with Crippen LogP contribution in [0.4, 0.5) is 0 Å². The Balaban J connectivity index is 2.97. The Morgan fingerprint density at radius 2 is 2.25 bits per heavy atom. The summed E-state index contributed by atoms with van der Waals surface area (Å²) in [6, 6.07) is 0. The zero-order chi connectivity index (χ0) is 12.4. The minimum absolute atomic E-state index is 0.0926. The molecule has 92 valence electrons. The van der Waals surface area contributed by atoms with Gasteiger partial charge in [0.05, 0.1) is 18.8 Å². The fraction of sp³-hybridized carbons (Fsp3) is 0.818. The molecule has 5 heteroatoms. The van der Waals surface area contributed by atoms with Crippen molar-refractivity contribution >= 4 is 11.8 Å². The average molecular weight is 230 g/mol. The molecule has 0 bridgehead atoms. The molecule has 1 saturated heterocycles. The highest BCUT2D eigenvalue weighted by molar-refractivity contribution is 6.03. The molecule has 5 nitrogen and oxygen atoms in total. The number of ketones is 1. The highest BCUT2D eigenvalue weighted by atomic mass is 16.5.